The van der Waals surface area contributed by atoms with E-state index in [1.807, 2.05) is 0 Å². The molecule has 0 fully saturated rings. The number of halogens is 2. The highest BCUT2D eigenvalue weighted by molar-refractivity contribution is 9.10. The maximum Gasteiger partial charge on any atom is 0.261 e. The van der Waals surface area contributed by atoms with Gasteiger partial charge in [0.15, 0.2) is 0 Å². The lowest BCUT2D eigenvalue weighted by Gasteiger charge is -2.11. The molecule has 3 N–H and O–H groups in total. The van der Waals surface area contributed by atoms with E-state index in [2.05, 4.69) is 20.7 Å². The number of aryl methyl sites for hydroxylation is 1. The van der Waals surface area contributed by atoms with Gasteiger partial charge >= 0.3 is 0 Å². The molecule has 20 heavy (non-hydrogen) atoms. The highest BCUT2D eigenvalue weighted by atomic mass is 79.9. The number of hydrogen-bond donors (Lipinski definition) is 2. The fourth-order valence-corrected chi connectivity index (χ4v) is 3.31. The van der Waals surface area contributed by atoms with Crippen LogP contribution in [-0.2, 0) is 10.0 Å². The van der Waals surface area contributed by atoms with Crippen LogP contribution >= 0.6 is 15.9 Å². The molecule has 0 aliphatic rings. The molecule has 0 aromatic heterocycles. The monoisotopic (exact) mass is 358 g/mol. The second-order valence-corrected chi connectivity index (χ2v) is 6.78. The normalized spacial score (nSPS) is 11.3. The maximum atomic E-state index is 13.0. The first-order valence-corrected chi connectivity index (χ1v) is 7.91. The molecule has 0 amide bonds. The minimum atomic E-state index is -3.75. The molecule has 106 valence electrons. The van der Waals surface area contributed by atoms with Crippen molar-refractivity contribution in [1.82, 2.24) is 0 Å². The van der Waals surface area contributed by atoms with Crippen LogP contribution < -0.4 is 10.5 Å². The smallest absolute Gasteiger partial charge is 0.261 e. The third-order valence-electron chi connectivity index (χ3n) is 2.71. The summed E-state index contributed by atoms with van der Waals surface area (Å²) in [5.74, 6) is -0.416. The molecule has 0 aliphatic heterocycles. The average molecular weight is 359 g/mol. The molecule has 0 unspecified atom stereocenters. The predicted molar refractivity (Wildman–Crippen MR) is 80.5 cm³/mol. The molecule has 0 heterocycles. The lowest BCUT2D eigenvalue weighted by Crippen LogP contribution is -2.14. The third kappa shape index (κ3) is 3.10. The van der Waals surface area contributed by atoms with Gasteiger partial charge in [0, 0.05) is 10.2 Å². The zero-order chi connectivity index (χ0) is 14.9. The van der Waals surface area contributed by atoms with Crippen LogP contribution in [0.1, 0.15) is 5.56 Å². The SMILES string of the molecule is Cc1cc(F)ccc1NS(=O)(=O)c1ccc(N)c(Br)c1. The maximum absolute atomic E-state index is 13.0. The Labute approximate surface area is 125 Å². The summed E-state index contributed by atoms with van der Waals surface area (Å²) < 4.78 is 40.4. The van der Waals surface area contributed by atoms with Gasteiger partial charge in [0.2, 0.25) is 0 Å². The van der Waals surface area contributed by atoms with E-state index < -0.39 is 15.8 Å². The van der Waals surface area contributed by atoms with Crippen molar-refractivity contribution in [3.05, 3.63) is 52.3 Å². The molecule has 0 atom stereocenters. The first-order valence-electron chi connectivity index (χ1n) is 5.63. The number of nitrogen functional groups attached to an aromatic ring is 1. The predicted octanol–water partition coefficient (Wildman–Crippen LogP) is 3.28. The third-order valence-corrected chi connectivity index (χ3v) is 4.76. The molecule has 7 heteroatoms. The minimum Gasteiger partial charge on any atom is -0.398 e. The van der Waals surface area contributed by atoms with Gasteiger partial charge in [0.1, 0.15) is 5.82 Å². The van der Waals surface area contributed by atoms with E-state index in [4.69, 9.17) is 5.73 Å². The molecule has 2 rings (SSSR count). The number of sulfonamides is 1. The van der Waals surface area contributed by atoms with Crippen molar-refractivity contribution in [3.8, 4) is 0 Å². The largest absolute Gasteiger partial charge is 0.398 e. The van der Waals surface area contributed by atoms with Crippen molar-refractivity contribution in [3.63, 3.8) is 0 Å². The van der Waals surface area contributed by atoms with Crippen molar-refractivity contribution in [2.75, 3.05) is 10.5 Å². The fourth-order valence-electron chi connectivity index (χ4n) is 1.62. The van der Waals surface area contributed by atoms with E-state index in [1.54, 1.807) is 6.92 Å². The van der Waals surface area contributed by atoms with E-state index >= 15 is 0 Å². The Balaban J connectivity index is 2.38. The Kier molecular flexibility index (Phi) is 4.01. The van der Waals surface area contributed by atoms with Crippen LogP contribution in [0, 0.1) is 12.7 Å². The standard InChI is InChI=1S/C13H12BrFN2O2S/c1-8-6-9(15)2-5-13(8)17-20(18,19)10-3-4-12(16)11(14)7-10/h2-7,17H,16H2,1H3. The molecule has 0 saturated carbocycles. The number of benzene rings is 2. The van der Waals surface area contributed by atoms with Gasteiger partial charge < -0.3 is 5.73 Å². The zero-order valence-electron chi connectivity index (χ0n) is 10.5. The van der Waals surface area contributed by atoms with E-state index in [0.29, 0.717) is 21.4 Å². The van der Waals surface area contributed by atoms with Gasteiger partial charge in [-0.05, 0) is 64.8 Å². The molecule has 0 spiro atoms. The van der Waals surface area contributed by atoms with Crippen LogP contribution in [0.3, 0.4) is 0 Å². The van der Waals surface area contributed by atoms with E-state index in [1.165, 1.54) is 36.4 Å². The van der Waals surface area contributed by atoms with Gasteiger partial charge in [0.05, 0.1) is 10.6 Å². The molecular formula is C13H12BrFN2O2S. The van der Waals surface area contributed by atoms with Gasteiger partial charge in [-0.1, -0.05) is 0 Å². The van der Waals surface area contributed by atoms with Crippen LogP contribution in [0.15, 0.2) is 45.8 Å². The van der Waals surface area contributed by atoms with Crippen molar-refractivity contribution < 1.29 is 12.8 Å². The first kappa shape index (κ1) is 14.8. The zero-order valence-corrected chi connectivity index (χ0v) is 12.9. The van der Waals surface area contributed by atoms with E-state index in [0.717, 1.165) is 0 Å². The van der Waals surface area contributed by atoms with Gasteiger partial charge in [-0.2, -0.15) is 0 Å². The molecular weight excluding hydrogens is 347 g/mol. The molecule has 2 aromatic carbocycles. The Morgan fingerprint density at radius 1 is 1.20 bits per heavy atom. The fraction of sp³-hybridized carbons (Fsp3) is 0.0769. The van der Waals surface area contributed by atoms with Crippen molar-refractivity contribution >= 4 is 37.3 Å². The summed E-state index contributed by atoms with van der Waals surface area (Å²) in [7, 11) is -3.75. The summed E-state index contributed by atoms with van der Waals surface area (Å²) in [5.41, 5.74) is 6.90. The number of hydrogen-bond acceptors (Lipinski definition) is 3. The van der Waals surface area contributed by atoms with Gasteiger partial charge in [-0.15, -0.1) is 0 Å². The minimum absolute atomic E-state index is 0.0716. The molecule has 0 bridgehead atoms. The van der Waals surface area contributed by atoms with Gasteiger partial charge in [0.25, 0.3) is 10.0 Å². The van der Waals surface area contributed by atoms with Crippen LogP contribution in [-0.4, -0.2) is 8.42 Å². The second-order valence-electron chi connectivity index (χ2n) is 4.25. The van der Waals surface area contributed by atoms with Crippen molar-refractivity contribution in [1.29, 1.82) is 0 Å². The highest BCUT2D eigenvalue weighted by Crippen LogP contribution is 2.25. The number of nitrogens with one attached hydrogen (secondary N) is 1. The summed E-state index contributed by atoms with van der Waals surface area (Å²) in [6.45, 7) is 1.62. The second kappa shape index (κ2) is 5.41. The summed E-state index contributed by atoms with van der Waals surface area (Å²) in [6, 6.07) is 8.16. The Morgan fingerprint density at radius 3 is 2.50 bits per heavy atom. The Bertz CT molecular complexity index is 763. The number of nitrogens with two attached hydrogens (primary N) is 1. The van der Waals surface area contributed by atoms with Crippen molar-refractivity contribution in [2.24, 2.45) is 0 Å². The van der Waals surface area contributed by atoms with Crippen LogP contribution in [0.5, 0.6) is 0 Å². The lowest BCUT2D eigenvalue weighted by molar-refractivity contribution is 0.601. The summed E-state index contributed by atoms with van der Waals surface area (Å²) in [4.78, 5) is 0.0716. The summed E-state index contributed by atoms with van der Waals surface area (Å²) >= 11 is 3.18. The van der Waals surface area contributed by atoms with Crippen LogP contribution in [0.4, 0.5) is 15.8 Å². The number of rotatable bonds is 3. The van der Waals surface area contributed by atoms with E-state index in [-0.39, 0.29) is 4.90 Å². The summed E-state index contributed by atoms with van der Waals surface area (Å²) in [6.07, 6.45) is 0. The Hall–Kier alpha value is -1.60. The van der Waals surface area contributed by atoms with Gasteiger partial charge in [-0.3, -0.25) is 4.72 Å². The van der Waals surface area contributed by atoms with Crippen LogP contribution in [0.25, 0.3) is 0 Å². The molecule has 0 radical (unpaired) electrons. The lowest BCUT2D eigenvalue weighted by atomic mass is 10.2. The van der Waals surface area contributed by atoms with E-state index in [9.17, 15) is 12.8 Å². The number of anilines is 2. The van der Waals surface area contributed by atoms with Gasteiger partial charge in [-0.25, -0.2) is 12.8 Å². The highest BCUT2D eigenvalue weighted by Gasteiger charge is 2.16. The molecule has 2 aromatic rings. The Morgan fingerprint density at radius 2 is 1.90 bits per heavy atom. The summed E-state index contributed by atoms with van der Waals surface area (Å²) in [5, 5.41) is 0. The average Bonchev–Trinajstić information content (AvgIpc) is 2.36. The first-order chi connectivity index (χ1) is 9.29. The topological polar surface area (TPSA) is 72.2 Å². The molecule has 0 aliphatic carbocycles. The molecule has 0 saturated heterocycles. The quantitative estimate of drug-likeness (QED) is 0.827. The molecule has 4 nitrogen and oxygen atoms in total. The van der Waals surface area contributed by atoms with Crippen LogP contribution in [0.2, 0.25) is 0 Å². The van der Waals surface area contributed by atoms with Crippen molar-refractivity contribution in [2.45, 2.75) is 11.8 Å².